The average molecular weight is 439 g/mol. The van der Waals surface area contributed by atoms with Gasteiger partial charge in [-0.05, 0) is 42.5 Å². The third-order valence-electron chi connectivity index (χ3n) is 4.62. The number of allylic oxidation sites excluding steroid dienone is 1. The van der Waals surface area contributed by atoms with Crippen molar-refractivity contribution in [2.75, 3.05) is 13.7 Å². The number of rotatable bonds is 8. The van der Waals surface area contributed by atoms with Crippen LogP contribution in [0.1, 0.15) is 27.7 Å². The van der Waals surface area contributed by atoms with Crippen LogP contribution in [-0.2, 0) is 11.2 Å². The van der Waals surface area contributed by atoms with E-state index in [1.54, 1.807) is 30.4 Å². The highest BCUT2D eigenvalue weighted by Crippen LogP contribution is 2.23. The molecule has 2 N–H and O–H groups in total. The maximum Gasteiger partial charge on any atom is 0.259 e. The zero-order valence-corrected chi connectivity index (χ0v) is 18.1. The van der Waals surface area contributed by atoms with E-state index >= 15 is 0 Å². The van der Waals surface area contributed by atoms with Crippen molar-refractivity contribution in [1.29, 1.82) is 0 Å². The molecule has 3 rings (SSSR count). The minimum absolute atomic E-state index is 0.0485. The van der Waals surface area contributed by atoms with Gasteiger partial charge in [-0.25, -0.2) is 4.39 Å². The van der Waals surface area contributed by atoms with Gasteiger partial charge in [-0.15, -0.1) is 11.3 Å². The standard InChI is InChI=1S/C24H23FN2O3S/c1-16(27-23(28)19-11-6-12-20(25)22(19)30-2)21(17-8-4-3-5-9-17)24(29)26-14-13-18-10-7-15-31-18/h3-12,15H,13-14H2,1-2H3,(H,26,29)(H,27,28)/b21-16-. The zero-order valence-electron chi connectivity index (χ0n) is 17.3. The smallest absolute Gasteiger partial charge is 0.259 e. The van der Waals surface area contributed by atoms with E-state index < -0.39 is 11.7 Å². The molecule has 0 aliphatic carbocycles. The normalized spacial score (nSPS) is 11.5. The summed E-state index contributed by atoms with van der Waals surface area (Å²) in [6, 6.07) is 17.2. The summed E-state index contributed by atoms with van der Waals surface area (Å²) in [5.41, 5.74) is 1.42. The molecule has 3 aromatic rings. The third-order valence-corrected chi connectivity index (χ3v) is 5.55. The van der Waals surface area contributed by atoms with E-state index in [0.29, 0.717) is 23.4 Å². The molecule has 0 aliphatic rings. The highest BCUT2D eigenvalue weighted by molar-refractivity contribution is 7.09. The summed E-state index contributed by atoms with van der Waals surface area (Å²) in [7, 11) is 1.30. The van der Waals surface area contributed by atoms with Crippen LogP contribution in [0.4, 0.5) is 4.39 Å². The van der Waals surface area contributed by atoms with Crippen LogP contribution >= 0.6 is 11.3 Å². The molecule has 1 heterocycles. The van der Waals surface area contributed by atoms with Gasteiger partial charge in [-0.2, -0.15) is 0 Å². The van der Waals surface area contributed by atoms with Crippen LogP contribution in [-0.4, -0.2) is 25.5 Å². The lowest BCUT2D eigenvalue weighted by Gasteiger charge is -2.15. The maximum absolute atomic E-state index is 14.0. The van der Waals surface area contributed by atoms with E-state index in [1.807, 2.05) is 35.7 Å². The van der Waals surface area contributed by atoms with Gasteiger partial charge in [-0.1, -0.05) is 42.5 Å². The first-order chi connectivity index (χ1) is 15.0. The molecule has 0 radical (unpaired) electrons. The second-order valence-electron chi connectivity index (χ2n) is 6.73. The summed E-state index contributed by atoms with van der Waals surface area (Å²) in [4.78, 5) is 27.0. The topological polar surface area (TPSA) is 67.4 Å². The van der Waals surface area contributed by atoms with E-state index in [0.717, 1.165) is 6.42 Å². The predicted molar refractivity (Wildman–Crippen MR) is 120 cm³/mol. The SMILES string of the molecule is COc1c(F)cccc1C(=O)N/C(C)=C(\C(=O)NCCc1cccs1)c1ccccc1. The number of ether oxygens (including phenoxy) is 1. The summed E-state index contributed by atoms with van der Waals surface area (Å²) in [6.45, 7) is 2.11. The summed E-state index contributed by atoms with van der Waals surface area (Å²) >= 11 is 1.63. The number of para-hydroxylation sites is 1. The van der Waals surface area contributed by atoms with Crippen LogP contribution in [0.5, 0.6) is 5.75 Å². The Morgan fingerprint density at radius 2 is 1.81 bits per heavy atom. The Bertz CT molecular complexity index is 1080. The molecular formula is C24H23FN2O3S. The number of carbonyl (C=O) groups excluding carboxylic acids is 2. The Hall–Kier alpha value is -3.45. The molecule has 0 atom stereocenters. The van der Waals surface area contributed by atoms with E-state index in [1.165, 1.54) is 30.2 Å². The van der Waals surface area contributed by atoms with Gasteiger partial charge in [0.25, 0.3) is 11.8 Å². The lowest BCUT2D eigenvalue weighted by molar-refractivity contribution is -0.115. The predicted octanol–water partition coefficient (Wildman–Crippen LogP) is 4.42. The van der Waals surface area contributed by atoms with Gasteiger partial charge in [0.2, 0.25) is 0 Å². The molecule has 0 unspecified atom stereocenters. The highest BCUT2D eigenvalue weighted by Gasteiger charge is 2.20. The molecule has 0 saturated carbocycles. The van der Waals surface area contributed by atoms with Crippen molar-refractivity contribution in [1.82, 2.24) is 10.6 Å². The molecule has 0 aliphatic heterocycles. The molecule has 0 fully saturated rings. The first-order valence-corrected chi connectivity index (χ1v) is 10.6. The number of hydrogen-bond acceptors (Lipinski definition) is 4. The average Bonchev–Trinajstić information content (AvgIpc) is 3.28. The minimum Gasteiger partial charge on any atom is -0.493 e. The van der Waals surface area contributed by atoms with Crippen LogP contribution in [0.15, 0.2) is 71.7 Å². The monoisotopic (exact) mass is 438 g/mol. The molecule has 2 amide bonds. The molecule has 0 saturated heterocycles. The lowest BCUT2D eigenvalue weighted by Crippen LogP contribution is -2.30. The van der Waals surface area contributed by atoms with Gasteiger partial charge >= 0.3 is 0 Å². The van der Waals surface area contributed by atoms with Gasteiger partial charge in [0.1, 0.15) is 0 Å². The minimum atomic E-state index is -0.633. The van der Waals surface area contributed by atoms with Gasteiger partial charge in [-0.3, -0.25) is 9.59 Å². The molecule has 31 heavy (non-hydrogen) atoms. The van der Waals surface area contributed by atoms with Crippen LogP contribution in [0.3, 0.4) is 0 Å². The van der Waals surface area contributed by atoms with Crippen molar-refractivity contribution in [3.63, 3.8) is 0 Å². The van der Waals surface area contributed by atoms with Crippen molar-refractivity contribution < 1.29 is 18.7 Å². The van der Waals surface area contributed by atoms with Crippen molar-refractivity contribution in [2.45, 2.75) is 13.3 Å². The van der Waals surface area contributed by atoms with Crippen LogP contribution < -0.4 is 15.4 Å². The zero-order chi connectivity index (χ0) is 22.2. The maximum atomic E-state index is 14.0. The van der Waals surface area contributed by atoms with Crippen LogP contribution in [0, 0.1) is 5.82 Å². The van der Waals surface area contributed by atoms with Gasteiger partial charge in [0, 0.05) is 17.1 Å². The van der Waals surface area contributed by atoms with Crippen molar-refractivity contribution in [3.05, 3.63) is 93.6 Å². The fourth-order valence-corrected chi connectivity index (χ4v) is 3.87. The second kappa shape index (κ2) is 10.5. The summed E-state index contributed by atoms with van der Waals surface area (Å²) in [6.07, 6.45) is 0.720. The van der Waals surface area contributed by atoms with Crippen molar-refractivity contribution >= 4 is 28.7 Å². The van der Waals surface area contributed by atoms with E-state index in [2.05, 4.69) is 10.6 Å². The van der Waals surface area contributed by atoms with Gasteiger partial charge in [0.15, 0.2) is 11.6 Å². The number of benzene rings is 2. The Kier molecular flexibility index (Phi) is 7.56. The van der Waals surface area contributed by atoms with E-state index in [-0.39, 0.29) is 17.2 Å². The molecule has 7 heteroatoms. The van der Waals surface area contributed by atoms with Crippen molar-refractivity contribution in [2.24, 2.45) is 0 Å². The molecule has 1 aromatic heterocycles. The fourth-order valence-electron chi connectivity index (χ4n) is 3.16. The first-order valence-electron chi connectivity index (χ1n) is 9.72. The summed E-state index contributed by atoms with van der Waals surface area (Å²) in [5, 5.41) is 7.63. The lowest BCUT2D eigenvalue weighted by atomic mass is 10.0. The van der Waals surface area contributed by atoms with Crippen LogP contribution in [0.25, 0.3) is 5.57 Å². The Morgan fingerprint density at radius 3 is 2.48 bits per heavy atom. The molecule has 5 nitrogen and oxygen atoms in total. The summed E-state index contributed by atoms with van der Waals surface area (Å²) in [5.74, 6) is -1.64. The van der Waals surface area contributed by atoms with E-state index in [9.17, 15) is 14.0 Å². The summed E-state index contributed by atoms with van der Waals surface area (Å²) < 4.78 is 19.0. The number of thiophene rings is 1. The Morgan fingerprint density at radius 1 is 1.03 bits per heavy atom. The molecule has 2 aromatic carbocycles. The van der Waals surface area contributed by atoms with E-state index in [4.69, 9.17) is 4.74 Å². The number of hydrogen-bond donors (Lipinski definition) is 2. The Labute approximate surface area is 184 Å². The third kappa shape index (κ3) is 5.58. The highest BCUT2D eigenvalue weighted by atomic mass is 32.1. The molecule has 160 valence electrons. The fraction of sp³-hybridized carbons (Fsp3) is 0.167. The number of halogens is 1. The van der Waals surface area contributed by atoms with Gasteiger partial charge in [0.05, 0.1) is 18.2 Å². The number of nitrogens with one attached hydrogen (secondary N) is 2. The Balaban J connectivity index is 1.84. The van der Waals surface area contributed by atoms with Crippen LogP contribution in [0.2, 0.25) is 0 Å². The second-order valence-corrected chi connectivity index (χ2v) is 7.76. The molecular weight excluding hydrogens is 415 g/mol. The van der Waals surface area contributed by atoms with Crippen molar-refractivity contribution in [3.8, 4) is 5.75 Å². The molecule has 0 bridgehead atoms. The number of carbonyl (C=O) groups is 2. The quantitative estimate of drug-likeness (QED) is 0.512. The first kappa shape index (κ1) is 22.2. The number of methoxy groups -OCH3 is 1. The van der Waals surface area contributed by atoms with Gasteiger partial charge < -0.3 is 15.4 Å². The largest absolute Gasteiger partial charge is 0.493 e. The molecule has 0 spiro atoms. The number of amides is 2.